The zero-order valence-electron chi connectivity index (χ0n) is 11.9. The monoisotopic (exact) mass is 258 g/mol. The highest BCUT2D eigenvalue weighted by atomic mass is 15.2. The van der Waals surface area contributed by atoms with Crippen LogP contribution >= 0.6 is 0 Å². The van der Waals surface area contributed by atoms with Crippen LogP contribution in [0.2, 0.25) is 0 Å². The van der Waals surface area contributed by atoms with Crippen molar-refractivity contribution in [2.24, 2.45) is 12.8 Å². The molecule has 0 aliphatic carbocycles. The van der Waals surface area contributed by atoms with Crippen molar-refractivity contribution in [2.45, 2.75) is 19.5 Å². The molecule has 2 aromatic rings. The molecule has 1 heterocycles. The molecule has 0 aliphatic rings. The highest BCUT2D eigenvalue weighted by molar-refractivity contribution is 5.25. The molecule has 1 aromatic carbocycles. The van der Waals surface area contributed by atoms with Gasteiger partial charge in [-0.2, -0.15) is 5.10 Å². The standard InChI is InChI=1S/C15H22N4/c1-12-6-4-5-7-13(12)10-18(2)15(8-16)14-9-17-19(3)11-14/h4-7,9,11,15H,8,10,16H2,1-3H3. The molecule has 1 atom stereocenters. The van der Waals surface area contributed by atoms with E-state index in [1.54, 1.807) is 0 Å². The summed E-state index contributed by atoms with van der Waals surface area (Å²) in [5, 5.41) is 4.23. The summed E-state index contributed by atoms with van der Waals surface area (Å²) in [7, 11) is 4.04. The van der Waals surface area contributed by atoms with Gasteiger partial charge in [-0.15, -0.1) is 0 Å². The summed E-state index contributed by atoms with van der Waals surface area (Å²) >= 11 is 0. The van der Waals surface area contributed by atoms with Crippen molar-refractivity contribution in [3.63, 3.8) is 0 Å². The van der Waals surface area contributed by atoms with Gasteiger partial charge in [0.15, 0.2) is 0 Å². The third-order valence-electron chi connectivity index (χ3n) is 3.55. The number of hydrogen-bond donors (Lipinski definition) is 1. The molecule has 102 valence electrons. The van der Waals surface area contributed by atoms with Gasteiger partial charge in [0.1, 0.15) is 0 Å². The highest BCUT2D eigenvalue weighted by Gasteiger charge is 2.17. The number of rotatable bonds is 5. The molecular formula is C15H22N4. The number of likely N-dealkylation sites (N-methyl/N-ethyl adjacent to an activating group) is 1. The van der Waals surface area contributed by atoms with E-state index in [4.69, 9.17) is 5.73 Å². The van der Waals surface area contributed by atoms with Gasteiger partial charge < -0.3 is 5.73 Å². The van der Waals surface area contributed by atoms with Gasteiger partial charge in [-0.05, 0) is 25.1 Å². The topological polar surface area (TPSA) is 47.1 Å². The lowest BCUT2D eigenvalue weighted by Gasteiger charge is -2.26. The first-order valence-corrected chi connectivity index (χ1v) is 6.55. The van der Waals surface area contributed by atoms with Gasteiger partial charge in [-0.25, -0.2) is 0 Å². The van der Waals surface area contributed by atoms with E-state index in [-0.39, 0.29) is 6.04 Å². The van der Waals surface area contributed by atoms with E-state index < -0.39 is 0 Å². The minimum atomic E-state index is 0.202. The third kappa shape index (κ3) is 3.22. The Morgan fingerprint density at radius 3 is 2.68 bits per heavy atom. The summed E-state index contributed by atoms with van der Waals surface area (Å²) < 4.78 is 1.82. The zero-order valence-corrected chi connectivity index (χ0v) is 11.9. The van der Waals surface area contributed by atoms with E-state index in [9.17, 15) is 0 Å². The lowest BCUT2D eigenvalue weighted by Crippen LogP contribution is -2.30. The largest absolute Gasteiger partial charge is 0.329 e. The van der Waals surface area contributed by atoms with Crippen LogP contribution in [-0.4, -0.2) is 28.3 Å². The van der Waals surface area contributed by atoms with Gasteiger partial charge in [0.2, 0.25) is 0 Å². The van der Waals surface area contributed by atoms with Gasteiger partial charge in [-0.3, -0.25) is 9.58 Å². The highest BCUT2D eigenvalue weighted by Crippen LogP contribution is 2.20. The number of aromatic nitrogens is 2. The number of benzene rings is 1. The van der Waals surface area contributed by atoms with E-state index in [0.717, 1.165) is 6.54 Å². The van der Waals surface area contributed by atoms with Crippen molar-refractivity contribution in [3.8, 4) is 0 Å². The Bertz CT molecular complexity index is 532. The van der Waals surface area contributed by atoms with Gasteiger partial charge in [-0.1, -0.05) is 24.3 Å². The molecule has 2 rings (SSSR count). The van der Waals surface area contributed by atoms with Gasteiger partial charge in [0.05, 0.1) is 12.2 Å². The Morgan fingerprint density at radius 1 is 1.37 bits per heavy atom. The van der Waals surface area contributed by atoms with Crippen LogP contribution in [0.5, 0.6) is 0 Å². The van der Waals surface area contributed by atoms with Crippen LogP contribution in [0.4, 0.5) is 0 Å². The first kappa shape index (κ1) is 13.8. The van der Waals surface area contributed by atoms with Crippen molar-refractivity contribution >= 4 is 0 Å². The molecular weight excluding hydrogens is 236 g/mol. The molecule has 1 aromatic heterocycles. The van der Waals surface area contributed by atoms with Crippen molar-refractivity contribution < 1.29 is 0 Å². The fourth-order valence-corrected chi connectivity index (χ4v) is 2.35. The molecule has 2 N–H and O–H groups in total. The normalized spacial score (nSPS) is 12.9. The molecule has 0 aliphatic heterocycles. The molecule has 0 amide bonds. The van der Waals surface area contributed by atoms with Crippen LogP contribution in [0.1, 0.15) is 22.7 Å². The van der Waals surface area contributed by atoms with E-state index in [2.05, 4.69) is 48.2 Å². The van der Waals surface area contributed by atoms with Crippen LogP contribution in [0.15, 0.2) is 36.7 Å². The maximum atomic E-state index is 5.93. The Morgan fingerprint density at radius 2 is 2.11 bits per heavy atom. The minimum Gasteiger partial charge on any atom is -0.329 e. The molecule has 0 saturated heterocycles. The number of aryl methyl sites for hydroxylation is 2. The van der Waals surface area contributed by atoms with Crippen LogP contribution in [-0.2, 0) is 13.6 Å². The van der Waals surface area contributed by atoms with Crippen molar-refractivity contribution in [3.05, 3.63) is 53.3 Å². The average molecular weight is 258 g/mol. The predicted octanol–water partition coefficient (Wildman–Crippen LogP) is 1.86. The predicted molar refractivity (Wildman–Crippen MR) is 77.6 cm³/mol. The molecule has 0 radical (unpaired) electrons. The van der Waals surface area contributed by atoms with Crippen LogP contribution < -0.4 is 5.73 Å². The number of hydrogen-bond acceptors (Lipinski definition) is 3. The number of nitrogens with zero attached hydrogens (tertiary/aromatic N) is 3. The van der Waals surface area contributed by atoms with Crippen LogP contribution in [0, 0.1) is 6.92 Å². The van der Waals surface area contributed by atoms with E-state index in [1.165, 1.54) is 16.7 Å². The summed E-state index contributed by atoms with van der Waals surface area (Å²) in [5.74, 6) is 0. The third-order valence-corrected chi connectivity index (χ3v) is 3.55. The van der Waals surface area contributed by atoms with E-state index in [0.29, 0.717) is 6.54 Å². The first-order valence-electron chi connectivity index (χ1n) is 6.55. The molecule has 1 unspecified atom stereocenters. The second-order valence-electron chi connectivity index (χ2n) is 5.04. The van der Waals surface area contributed by atoms with Crippen molar-refractivity contribution in [1.29, 1.82) is 0 Å². The SMILES string of the molecule is Cc1ccccc1CN(C)C(CN)c1cnn(C)c1. The van der Waals surface area contributed by atoms with E-state index >= 15 is 0 Å². The molecule has 4 nitrogen and oxygen atoms in total. The molecule has 0 spiro atoms. The average Bonchev–Trinajstić information content (AvgIpc) is 2.80. The quantitative estimate of drug-likeness (QED) is 0.890. The summed E-state index contributed by atoms with van der Waals surface area (Å²) in [6, 6.07) is 8.67. The maximum absolute atomic E-state index is 5.93. The maximum Gasteiger partial charge on any atom is 0.0538 e. The number of nitrogens with two attached hydrogens (primary N) is 1. The molecule has 4 heteroatoms. The lowest BCUT2D eigenvalue weighted by molar-refractivity contribution is 0.241. The fraction of sp³-hybridized carbons (Fsp3) is 0.400. The smallest absolute Gasteiger partial charge is 0.0538 e. The zero-order chi connectivity index (χ0) is 13.8. The lowest BCUT2D eigenvalue weighted by atomic mass is 10.1. The fourth-order valence-electron chi connectivity index (χ4n) is 2.35. The Hall–Kier alpha value is -1.65. The van der Waals surface area contributed by atoms with E-state index in [1.807, 2.05) is 24.1 Å². The van der Waals surface area contributed by atoms with Crippen molar-refractivity contribution in [1.82, 2.24) is 14.7 Å². The van der Waals surface area contributed by atoms with Gasteiger partial charge in [0, 0.05) is 31.9 Å². The molecule has 0 bridgehead atoms. The van der Waals surface area contributed by atoms with Crippen molar-refractivity contribution in [2.75, 3.05) is 13.6 Å². The van der Waals surface area contributed by atoms with Crippen LogP contribution in [0.25, 0.3) is 0 Å². The Kier molecular flexibility index (Phi) is 4.35. The van der Waals surface area contributed by atoms with Gasteiger partial charge >= 0.3 is 0 Å². The second kappa shape index (κ2) is 5.99. The Labute approximate surface area is 114 Å². The summed E-state index contributed by atoms with van der Waals surface area (Å²) in [5.41, 5.74) is 9.75. The summed E-state index contributed by atoms with van der Waals surface area (Å²) in [4.78, 5) is 2.28. The minimum absolute atomic E-state index is 0.202. The first-order chi connectivity index (χ1) is 9.11. The molecule has 19 heavy (non-hydrogen) atoms. The van der Waals surface area contributed by atoms with Gasteiger partial charge in [0.25, 0.3) is 0 Å². The molecule has 0 saturated carbocycles. The van der Waals surface area contributed by atoms with Crippen LogP contribution in [0.3, 0.4) is 0 Å². The Balaban J connectivity index is 2.13. The summed E-state index contributed by atoms with van der Waals surface area (Å²) in [6.45, 7) is 3.63. The molecule has 0 fully saturated rings. The summed E-state index contributed by atoms with van der Waals surface area (Å²) in [6.07, 6.45) is 3.93. The second-order valence-corrected chi connectivity index (χ2v) is 5.04.